The number of carbonyl (C=O) groups is 4. The van der Waals surface area contributed by atoms with Crippen LogP contribution in [0.4, 0.5) is 0 Å². The molecule has 5 atom stereocenters. The minimum absolute atomic E-state index is 0.0485. The van der Waals surface area contributed by atoms with E-state index in [1.165, 1.54) is 38.5 Å². The number of hydrogen-bond donors (Lipinski definition) is 3. The molecule has 0 aliphatic carbocycles. The molecule has 0 aliphatic heterocycles. The second-order valence-electron chi connectivity index (χ2n) is 26.9. The molecular weight excluding hydrogens is 1400 g/mol. The number of carbonyl (C=O) groups excluding carboxylic acids is 4. The van der Waals surface area contributed by atoms with E-state index in [1.807, 2.05) is 12.2 Å². The summed E-state index contributed by atoms with van der Waals surface area (Å²) >= 11 is 0. The number of ether oxygens (including phenoxy) is 4. The van der Waals surface area contributed by atoms with Crippen LogP contribution in [0.2, 0.25) is 0 Å². The highest BCUT2D eigenvalue weighted by Gasteiger charge is 2.30. The van der Waals surface area contributed by atoms with E-state index in [4.69, 9.17) is 37.0 Å². The van der Waals surface area contributed by atoms with Gasteiger partial charge in [0, 0.05) is 25.7 Å². The van der Waals surface area contributed by atoms with Gasteiger partial charge in [-0.05, 0) is 167 Å². The van der Waals surface area contributed by atoms with E-state index in [0.717, 1.165) is 186 Å². The Morgan fingerprint density at radius 2 is 0.491 bits per heavy atom. The van der Waals surface area contributed by atoms with Gasteiger partial charge in [0.1, 0.15) is 19.3 Å². The summed E-state index contributed by atoms with van der Waals surface area (Å²) in [5.74, 6) is -2.30. The Morgan fingerprint density at radius 3 is 0.787 bits per heavy atom. The first-order valence-electron chi connectivity index (χ1n) is 41.4. The number of phosphoric acid groups is 2. The molecule has 19 heteroatoms. The number of aliphatic hydroxyl groups is 1. The first-order chi connectivity index (χ1) is 52.7. The molecule has 0 aliphatic rings. The summed E-state index contributed by atoms with van der Waals surface area (Å²) in [6.07, 6.45) is 94.7. The van der Waals surface area contributed by atoms with Gasteiger partial charge < -0.3 is 33.8 Å². The molecule has 3 N–H and O–H groups in total. The third-order valence-corrected chi connectivity index (χ3v) is 18.6. The van der Waals surface area contributed by atoms with Crippen LogP contribution in [0.5, 0.6) is 0 Å². The molecule has 614 valence electrons. The van der Waals surface area contributed by atoms with Gasteiger partial charge in [-0.1, -0.05) is 288 Å². The predicted molar refractivity (Wildman–Crippen MR) is 445 cm³/mol. The van der Waals surface area contributed by atoms with E-state index >= 15 is 0 Å². The molecule has 0 fully saturated rings. The molecule has 5 unspecified atom stereocenters. The van der Waals surface area contributed by atoms with Crippen LogP contribution in [0.15, 0.2) is 170 Å². The predicted octanol–water partition coefficient (Wildman–Crippen LogP) is 24.6. The van der Waals surface area contributed by atoms with Gasteiger partial charge in [-0.3, -0.25) is 37.3 Å². The average Bonchev–Trinajstić information content (AvgIpc) is 0.901. The van der Waals surface area contributed by atoms with E-state index < -0.39 is 97.5 Å². The van der Waals surface area contributed by atoms with Crippen LogP contribution in [-0.2, 0) is 65.4 Å². The zero-order valence-electron chi connectivity index (χ0n) is 67.2. The van der Waals surface area contributed by atoms with Crippen molar-refractivity contribution in [3.05, 3.63) is 170 Å². The Kier molecular flexibility index (Phi) is 75.4. The minimum atomic E-state index is -5.01. The third-order valence-electron chi connectivity index (χ3n) is 16.7. The van der Waals surface area contributed by atoms with E-state index in [2.05, 4.69) is 186 Å². The Morgan fingerprint density at radius 1 is 0.269 bits per heavy atom. The fourth-order valence-electron chi connectivity index (χ4n) is 10.5. The quantitative estimate of drug-likeness (QED) is 0.0169. The van der Waals surface area contributed by atoms with Crippen LogP contribution >= 0.6 is 15.6 Å². The molecule has 0 saturated heterocycles. The molecular formula is C89H146O17P2. The average molecular weight is 1550 g/mol. The smallest absolute Gasteiger partial charge is 0.462 e. The van der Waals surface area contributed by atoms with Gasteiger partial charge in [0.25, 0.3) is 0 Å². The molecule has 0 saturated carbocycles. The fraction of sp³-hybridized carbons (Fsp3) is 0.640. The number of aliphatic hydroxyl groups excluding tert-OH is 1. The van der Waals surface area contributed by atoms with E-state index in [0.29, 0.717) is 32.1 Å². The van der Waals surface area contributed by atoms with Crippen molar-refractivity contribution < 1.29 is 80.2 Å². The van der Waals surface area contributed by atoms with Gasteiger partial charge in [-0.25, -0.2) is 9.13 Å². The van der Waals surface area contributed by atoms with Gasteiger partial charge in [-0.15, -0.1) is 0 Å². The minimum Gasteiger partial charge on any atom is -0.462 e. The normalized spacial score (nSPS) is 14.7. The Balaban J connectivity index is 5.47. The summed E-state index contributed by atoms with van der Waals surface area (Å²) in [4.78, 5) is 73.2. The third kappa shape index (κ3) is 78.5. The zero-order valence-corrected chi connectivity index (χ0v) is 69.0. The lowest BCUT2D eigenvalue weighted by molar-refractivity contribution is -0.161. The molecule has 0 aromatic rings. The van der Waals surface area contributed by atoms with Crippen molar-refractivity contribution in [2.24, 2.45) is 0 Å². The van der Waals surface area contributed by atoms with Crippen molar-refractivity contribution in [3.63, 3.8) is 0 Å². The lowest BCUT2D eigenvalue weighted by atomic mass is 10.1. The van der Waals surface area contributed by atoms with Gasteiger partial charge >= 0.3 is 39.5 Å². The largest absolute Gasteiger partial charge is 0.472 e. The standard InChI is InChI=1S/C89H146O17P2/c1-5-9-13-17-21-25-29-33-37-40-41-44-47-50-54-58-62-66-70-74-87(92)100-79-84(105-88(93)75-71-67-63-59-55-51-45-36-32-28-24-20-16-12-8-4)81-103-107(95,96)101-77-83(90)78-102-108(97,98)104-82-85(106-89(94)76-72-68-64-60-56-52-48-43-39-35-31-27-23-19-15-11-7-3)80-99-86(91)73-69-65-61-57-53-49-46-42-38-34-30-26-22-18-14-10-6-2/h9-11,13-15,21-23,25-27,33-39,41,44-46,48-49,52,57,61,83-85,90H,5-8,12,16-20,24,28-32,40,42-43,47,50-51,53-56,58-60,62-82H2,1-4H3,(H,95,96)(H,97,98)/b13-9-,14-10-,15-11-,25-21-,26-22-,27-23-,37-33-,38-34-,39-35-,44-41-,45-36-,49-46-,52-48-,61-57-. The number of phosphoric ester groups is 2. The number of rotatable bonds is 76. The summed E-state index contributed by atoms with van der Waals surface area (Å²) in [6, 6.07) is 0. The molecule has 17 nitrogen and oxygen atoms in total. The van der Waals surface area contributed by atoms with Crippen LogP contribution in [0.25, 0.3) is 0 Å². The van der Waals surface area contributed by atoms with Crippen molar-refractivity contribution in [3.8, 4) is 0 Å². The van der Waals surface area contributed by atoms with Crippen LogP contribution in [0.3, 0.4) is 0 Å². The fourth-order valence-corrected chi connectivity index (χ4v) is 12.0. The molecule has 0 amide bonds. The lowest BCUT2D eigenvalue weighted by Crippen LogP contribution is -2.30. The highest BCUT2D eigenvalue weighted by Crippen LogP contribution is 2.45. The molecule has 0 bridgehead atoms. The number of allylic oxidation sites excluding steroid dienone is 28. The van der Waals surface area contributed by atoms with E-state index in [1.54, 1.807) is 0 Å². The van der Waals surface area contributed by atoms with Crippen molar-refractivity contribution >= 4 is 39.5 Å². The Hall–Kier alpha value is -5.58. The van der Waals surface area contributed by atoms with Crippen molar-refractivity contribution in [2.45, 2.75) is 329 Å². The summed E-state index contributed by atoms with van der Waals surface area (Å²) in [5, 5.41) is 10.7. The molecule has 108 heavy (non-hydrogen) atoms. The molecule has 0 heterocycles. The van der Waals surface area contributed by atoms with Gasteiger partial charge in [0.2, 0.25) is 0 Å². The Bertz CT molecular complexity index is 2710. The molecule has 0 aromatic heterocycles. The first kappa shape index (κ1) is 102. The van der Waals surface area contributed by atoms with Gasteiger partial charge in [0.05, 0.1) is 26.4 Å². The van der Waals surface area contributed by atoms with Crippen LogP contribution in [0, 0.1) is 0 Å². The number of hydrogen-bond acceptors (Lipinski definition) is 15. The Labute approximate surface area is 654 Å². The monoisotopic (exact) mass is 1550 g/mol. The zero-order chi connectivity index (χ0) is 78.9. The number of esters is 4. The lowest BCUT2D eigenvalue weighted by Gasteiger charge is -2.21. The molecule has 0 spiro atoms. The maximum Gasteiger partial charge on any atom is 0.472 e. The van der Waals surface area contributed by atoms with Crippen LogP contribution < -0.4 is 0 Å². The summed E-state index contributed by atoms with van der Waals surface area (Å²) in [7, 11) is -10.0. The number of unbranched alkanes of at least 4 members (excludes halogenated alkanes) is 22. The van der Waals surface area contributed by atoms with Gasteiger partial charge in [0.15, 0.2) is 12.2 Å². The SMILES string of the molecule is CC/C=C\C/C=C\C/C=C\C/C=C\C/C=C\CCCC(=O)OCC(COP(=O)(O)OCC(O)COP(=O)(O)OCC(COC(=O)CCCCCCCC/C=C\C/C=C\C/C=C\C/C=C\CC)OC(=O)CCCCCCC/C=C\CCCCCCCC)OC(=O)CCCCCC/C=C\C/C=C\C/C=C\C/C=C\CC. The first-order valence-corrected chi connectivity index (χ1v) is 44.4. The van der Waals surface area contributed by atoms with E-state index in [-0.39, 0.29) is 25.7 Å². The second kappa shape index (κ2) is 79.5. The molecule has 0 rings (SSSR count). The summed E-state index contributed by atoms with van der Waals surface area (Å²) in [6.45, 7) is 4.42. The molecule has 0 aromatic carbocycles. The maximum absolute atomic E-state index is 13.1. The van der Waals surface area contributed by atoms with Crippen LogP contribution in [0.1, 0.15) is 310 Å². The summed E-state index contributed by atoms with van der Waals surface area (Å²) < 4.78 is 68.7. The van der Waals surface area contributed by atoms with Crippen molar-refractivity contribution in [1.82, 2.24) is 0 Å². The second-order valence-corrected chi connectivity index (χ2v) is 29.8. The van der Waals surface area contributed by atoms with Crippen molar-refractivity contribution in [2.75, 3.05) is 39.6 Å². The van der Waals surface area contributed by atoms with Gasteiger partial charge in [-0.2, -0.15) is 0 Å². The highest BCUT2D eigenvalue weighted by molar-refractivity contribution is 7.47. The topological polar surface area (TPSA) is 237 Å². The van der Waals surface area contributed by atoms with Crippen molar-refractivity contribution in [1.29, 1.82) is 0 Å². The maximum atomic E-state index is 13.1. The van der Waals surface area contributed by atoms with E-state index in [9.17, 15) is 43.2 Å². The van der Waals surface area contributed by atoms with Crippen LogP contribution in [-0.4, -0.2) is 96.7 Å². The highest BCUT2D eigenvalue weighted by atomic mass is 31.2. The molecule has 0 radical (unpaired) electrons. The summed E-state index contributed by atoms with van der Waals surface area (Å²) in [5.41, 5.74) is 0.